The quantitative estimate of drug-likeness (QED) is 0.445. The molecule has 0 aliphatic heterocycles. The van der Waals surface area contributed by atoms with Crippen LogP contribution in [0.25, 0.3) is 0 Å². The summed E-state index contributed by atoms with van der Waals surface area (Å²) in [6.07, 6.45) is -24.6. The maximum absolute atomic E-state index is 14.1. The van der Waals surface area contributed by atoms with Gasteiger partial charge in [0.05, 0.1) is 0 Å². The minimum Gasteiger partial charge on any atom is -0.460 e. The van der Waals surface area contributed by atoms with Gasteiger partial charge in [-0.2, -0.15) is 39.5 Å². The van der Waals surface area contributed by atoms with E-state index in [9.17, 15) is 58.9 Å². The zero-order valence-electron chi connectivity index (χ0n) is 16.6. The maximum Gasteiger partial charge on any atom is 0.426 e. The topological polar surface area (TPSA) is 66.8 Å². The summed E-state index contributed by atoms with van der Waals surface area (Å²) in [5, 5.41) is 19.5. The molecule has 184 valence electrons. The van der Waals surface area contributed by atoms with Gasteiger partial charge in [0.25, 0.3) is 5.60 Å². The number of carbonyl (C=O) groups is 1. The fraction of sp³-hybridized carbons (Fsp3) is 0.941. The second kappa shape index (κ2) is 8.23. The second-order valence-electron chi connectivity index (χ2n) is 8.09. The van der Waals surface area contributed by atoms with Crippen LogP contribution in [-0.4, -0.2) is 57.7 Å². The lowest BCUT2D eigenvalue weighted by molar-refractivity contribution is -0.391. The Morgan fingerprint density at radius 1 is 0.806 bits per heavy atom. The van der Waals surface area contributed by atoms with Gasteiger partial charge in [0, 0.05) is 11.8 Å². The molecule has 1 saturated carbocycles. The molecule has 0 amide bonds. The van der Waals surface area contributed by atoms with Crippen LogP contribution in [0.1, 0.15) is 46.5 Å². The number of carbonyl (C=O) groups excluding carboxylic acids is 1. The number of rotatable bonds is 5. The first kappa shape index (κ1) is 27.7. The lowest BCUT2D eigenvalue weighted by atomic mass is 9.66. The van der Waals surface area contributed by atoms with Crippen LogP contribution < -0.4 is 0 Å². The Bertz CT molecular complexity index is 637. The molecule has 5 atom stereocenters. The summed E-state index contributed by atoms with van der Waals surface area (Å²) in [6, 6.07) is 0. The predicted octanol–water partition coefficient (Wildman–Crippen LogP) is 4.62. The number of ether oxygens (including phenoxy) is 1. The van der Waals surface area contributed by atoms with Crippen LogP contribution >= 0.6 is 0 Å². The molecule has 2 N–H and O–H groups in total. The van der Waals surface area contributed by atoms with E-state index in [1.807, 2.05) is 0 Å². The molecule has 5 unspecified atom stereocenters. The Morgan fingerprint density at radius 2 is 1.23 bits per heavy atom. The van der Waals surface area contributed by atoms with Crippen molar-refractivity contribution in [2.75, 3.05) is 0 Å². The van der Waals surface area contributed by atoms with Crippen LogP contribution in [0.5, 0.6) is 0 Å². The van der Waals surface area contributed by atoms with E-state index in [1.165, 1.54) is 6.92 Å². The van der Waals surface area contributed by atoms with Crippen LogP contribution in [0.4, 0.5) is 43.9 Å². The Morgan fingerprint density at radius 3 is 1.58 bits per heavy atom. The first-order valence-corrected chi connectivity index (χ1v) is 9.07. The van der Waals surface area contributed by atoms with Crippen molar-refractivity contribution < 1.29 is 63.6 Å². The molecule has 0 radical (unpaired) electrons. The molecular formula is C17H22F10O4. The Kier molecular flexibility index (Phi) is 7.36. The molecule has 4 nitrogen and oxygen atoms in total. The molecule has 14 heteroatoms. The lowest BCUT2D eigenvalue weighted by Gasteiger charge is -2.47. The molecule has 0 saturated heterocycles. The van der Waals surface area contributed by atoms with Crippen LogP contribution in [-0.2, 0) is 9.53 Å². The Labute approximate surface area is 170 Å². The van der Waals surface area contributed by atoms with Gasteiger partial charge in [0.15, 0.2) is 5.60 Å². The van der Waals surface area contributed by atoms with Gasteiger partial charge >= 0.3 is 24.5 Å². The van der Waals surface area contributed by atoms with E-state index in [0.29, 0.717) is 6.92 Å². The van der Waals surface area contributed by atoms with Gasteiger partial charge in [-0.15, -0.1) is 0 Å². The fourth-order valence-electron chi connectivity index (χ4n) is 3.44. The van der Waals surface area contributed by atoms with Crippen LogP contribution in [0.2, 0.25) is 0 Å². The van der Waals surface area contributed by atoms with Crippen molar-refractivity contribution in [2.45, 2.75) is 88.0 Å². The van der Waals surface area contributed by atoms with E-state index in [0.717, 1.165) is 0 Å². The van der Waals surface area contributed by atoms with Crippen molar-refractivity contribution in [3.8, 4) is 0 Å². The lowest BCUT2D eigenvalue weighted by Crippen LogP contribution is -2.64. The standard InChI is InChI=1S/C17H22F10O4/c1-4-12(2,18)11(28)31-10-6-8(13(3,29)15(19,20)21)5-9(7-10)14(30,16(22,23)24)17(25,26)27/h8-10,29-30H,4-7H2,1-3H3. The molecule has 0 spiro atoms. The third-order valence-electron chi connectivity index (χ3n) is 5.85. The monoisotopic (exact) mass is 480 g/mol. The molecule has 1 fully saturated rings. The minimum absolute atomic E-state index is 0.143. The summed E-state index contributed by atoms with van der Waals surface area (Å²) >= 11 is 0. The van der Waals surface area contributed by atoms with Crippen molar-refractivity contribution in [3.05, 3.63) is 0 Å². The molecule has 0 heterocycles. The van der Waals surface area contributed by atoms with E-state index >= 15 is 0 Å². The average Bonchev–Trinajstić information content (AvgIpc) is 2.57. The molecule has 1 rings (SSSR count). The molecule has 1 aliphatic rings. The maximum atomic E-state index is 14.1. The van der Waals surface area contributed by atoms with E-state index in [1.54, 1.807) is 0 Å². The molecule has 0 aromatic heterocycles. The average molecular weight is 480 g/mol. The van der Waals surface area contributed by atoms with Crippen molar-refractivity contribution in [1.82, 2.24) is 0 Å². The minimum atomic E-state index is -6.35. The summed E-state index contributed by atoms with van der Waals surface area (Å²) in [4.78, 5) is 11.9. The molecule has 31 heavy (non-hydrogen) atoms. The number of hydrogen-bond donors (Lipinski definition) is 2. The van der Waals surface area contributed by atoms with Gasteiger partial charge in [-0.05, 0) is 39.5 Å². The van der Waals surface area contributed by atoms with Gasteiger partial charge in [0.2, 0.25) is 5.67 Å². The third-order valence-corrected chi connectivity index (χ3v) is 5.85. The first-order valence-electron chi connectivity index (χ1n) is 9.07. The van der Waals surface area contributed by atoms with Crippen molar-refractivity contribution in [1.29, 1.82) is 0 Å². The van der Waals surface area contributed by atoms with E-state index in [-0.39, 0.29) is 6.92 Å². The summed E-state index contributed by atoms with van der Waals surface area (Å²) in [5.74, 6) is -6.99. The van der Waals surface area contributed by atoms with Gasteiger partial charge < -0.3 is 14.9 Å². The smallest absolute Gasteiger partial charge is 0.426 e. The predicted molar refractivity (Wildman–Crippen MR) is 84.3 cm³/mol. The van der Waals surface area contributed by atoms with Gasteiger partial charge in [-0.3, -0.25) is 0 Å². The fourth-order valence-corrected chi connectivity index (χ4v) is 3.44. The van der Waals surface area contributed by atoms with E-state index in [4.69, 9.17) is 0 Å². The summed E-state index contributed by atoms with van der Waals surface area (Å²) < 4.78 is 138. The highest BCUT2D eigenvalue weighted by Crippen LogP contribution is 2.55. The van der Waals surface area contributed by atoms with Gasteiger partial charge in [0.1, 0.15) is 6.10 Å². The molecular weight excluding hydrogens is 458 g/mol. The largest absolute Gasteiger partial charge is 0.460 e. The molecule has 0 aromatic rings. The molecule has 1 aliphatic carbocycles. The summed E-state index contributed by atoms with van der Waals surface area (Å²) in [5.41, 5.74) is -11.9. The van der Waals surface area contributed by atoms with Crippen molar-refractivity contribution in [3.63, 3.8) is 0 Å². The summed E-state index contributed by atoms with van der Waals surface area (Å²) in [7, 11) is 0. The number of hydrogen-bond acceptors (Lipinski definition) is 4. The third kappa shape index (κ3) is 5.20. The molecule has 0 aromatic carbocycles. The van der Waals surface area contributed by atoms with Crippen LogP contribution in [0.15, 0.2) is 0 Å². The Hall–Kier alpha value is -1.31. The van der Waals surface area contributed by atoms with Crippen LogP contribution in [0.3, 0.4) is 0 Å². The van der Waals surface area contributed by atoms with Crippen LogP contribution in [0, 0.1) is 11.8 Å². The second-order valence-corrected chi connectivity index (χ2v) is 8.09. The summed E-state index contributed by atoms with van der Waals surface area (Å²) in [6.45, 7) is 2.03. The van der Waals surface area contributed by atoms with Gasteiger partial charge in [-0.25, -0.2) is 9.18 Å². The van der Waals surface area contributed by atoms with Gasteiger partial charge in [-0.1, -0.05) is 6.92 Å². The van der Waals surface area contributed by atoms with E-state index in [2.05, 4.69) is 4.74 Å². The highest BCUT2D eigenvalue weighted by molar-refractivity contribution is 5.78. The van der Waals surface area contributed by atoms with Crippen molar-refractivity contribution in [2.24, 2.45) is 11.8 Å². The number of halogens is 10. The number of alkyl halides is 10. The van der Waals surface area contributed by atoms with E-state index < -0.39 is 85.0 Å². The number of aliphatic hydroxyl groups is 2. The Balaban J connectivity index is 3.47. The highest BCUT2D eigenvalue weighted by Gasteiger charge is 2.75. The van der Waals surface area contributed by atoms with Crippen molar-refractivity contribution >= 4 is 5.97 Å². The zero-order chi connectivity index (χ0) is 24.8. The first-order chi connectivity index (χ1) is 13.5. The highest BCUT2D eigenvalue weighted by atomic mass is 19.4. The zero-order valence-corrected chi connectivity index (χ0v) is 16.6. The molecule has 0 bridgehead atoms. The SMILES string of the molecule is CCC(C)(F)C(=O)OC1CC(C(C)(O)C(F)(F)F)CC(C(O)(C(F)(F)F)C(F)(F)F)C1. The number of esters is 1. The normalized spacial score (nSPS) is 27.9.